The monoisotopic (exact) mass is 446 g/mol. The molecule has 0 saturated carbocycles. The summed E-state index contributed by atoms with van der Waals surface area (Å²) in [6, 6.07) is 17.4. The van der Waals surface area contributed by atoms with Crippen LogP contribution in [0.5, 0.6) is 0 Å². The summed E-state index contributed by atoms with van der Waals surface area (Å²) in [5.74, 6) is -0.197. The topological polar surface area (TPSA) is 82.1 Å². The van der Waals surface area contributed by atoms with E-state index >= 15 is 0 Å². The van der Waals surface area contributed by atoms with Gasteiger partial charge in [-0.15, -0.1) is 0 Å². The molecule has 0 unspecified atom stereocenters. The van der Waals surface area contributed by atoms with Crippen LogP contribution < -0.4 is 5.32 Å². The number of carbonyl (C=O) groups is 3. The molecule has 172 valence electrons. The molecule has 2 aromatic rings. The largest absolute Gasteiger partial charge is 0.349 e. The lowest BCUT2D eigenvalue weighted by Gasteiger charge is -2.32. The van der Waals surface area contributed by atoms with Crippen molar-refractivity contribution in [3.05, 3.63) is 71.3 Å². The first-order valence-corrected chi connectivity index (χ1v) is 11.6. The molecule has 4 rings (SSSR count). The Kier molecular flexibility index (Phi) is 7.17. The summed E-state index contributed by atoms with van der Waals surface area (Å²) in [4.78, 5) is 39.5. The van der Waals surface area contributed by atoms with Gasteiger partial charge in [-0.1, -0.05) is 48.5 Å². The van der Waals surface area contributed by atoms with Crippen molar-refractivity contribution in [1.29, 1.82) is 0 Å². The van der Waals surface area contributed by atoms with E-state index in [1.165, 1.54) is 5.01 Å². The van der Waals surface area contributed by atoms with Gasteiger partial charge < -0.3 is 10.2 Å². The van der Waals surface area contributed by atoms with E-state index in [0.717, 1.165) is 23.3 Å². The van der Waals surface area contributed by atoms with E-state index in [9.17, 15) is 14.4 Å². The normalized spacial score (nSPS) is 16.5. The Morgan fingerprint density at radius 1 is 0.909 bits per heavy atom. The highest BCUT2D eigenvalue weighted by molar-refractivity contribution is 6.02. The highest BCUT2D eigenvalue weighted by Gasteiger charge is 2.26. The van der Waals surface area contributed by atoms with Crippen LogP contribution in [0, 0.1) is 6.92 Å². The third-order valence-corrected chi connectivity index (χ3v) is 6.32. The zero-order valence-electron chi connectivity index (χ0n) is 19.0. The standard InChI is InChI=1S/C26H30N4O3/c1-19-7-5-6-10-22(19)26(33)27-21-13-16-29(17-14-21)24(31)11-12-25(32)30-18-15-23(28-30)20-8-3-2-4-9-20/h2-10,21H,11-18H2,1H3,(H,27,33). The van der Waals surface area contributed by atoms with Crippen molar-refractivity contribution < 1.29 is 14.4 Å². The number of aryl methyl sites for hydroxylation is 1. The molecule has 1 N–H and O–H groups in total. The maximum Gasteiger partial charge on any atom is 0.251 e. The van der Waals surface area contributed by atoms with Gasteiger partial charge in [-0.25, -0.2) is 5.01 Å². The number of benzene rings is 2. The fourth-order valence-corrected chi connectivity index (χ4v) is 4.34. The summed E-state index contributed by atoms with van der Waals surface area (Å²) < 4.78 is 0. The number of hydrogen-bond donors (Lipinski definition) is 1. The Labute approximate surface area is 194 Å². The number of likely N-dealkylation sites (tertiary alicyclic amines) is 1. The second-order valence-corrected chi connectivity index (χ2v) is 8.62. The molecule has 2 aromatic carbocycles. The molecule has 0 atom stereocenters. The van der Waals surface area contributed by atoms with Crippen LogP contribution in [0.4, 0.5) is 0 Å². The van der Waals surface area contributed by atoms with Gasteiger partial charge in [-0.3, -0.25) is 14.4 Å². The summed E-state index contributed by atoms with van der Waals surface area (Å²) in [5.41, 5.74) is 3.58. The number of nitrogens with zero attached hydrogens (tertiary/aromatic N) is 3. The van der Waals surface area contributed by atoms with Crippen LogP contribution in [0.25, 0.3) is 0 Å². The van der Waals surface area contributed by atoms with Gasteiger partial charge in [0.05, 0.1) is 12.3 Å². The zero-order chi connectivity index (χ0) is 23.2. The smallest absolute Gasteiger partial charge is 0.251 e. The number of piperidine rings is 1. The van der Waals surface area contributed by atoms with Gasteiger partial charge in [0.2, 0.25) is 11.8 Å². The molecular weight excluding hydrogens is 416 g/mol. The van der Waals surface area contributed by atoms with Gasteiger partial charge in [-0.05, 0) is 37.0 Å². The van der Waals surface area contributed by atoms with E-state index < -0.39 is 0 Å². The third-order valence-electron chi connectivity index (χ3n) is 6.32. The van der Waals surface area contributed by atoms with Crippen molar-refractivity contribution >= 4 is 23.4 Å². The SMILES string of the molecule is Cc1ccccc1C(=O)NC1CCN(C(=O)CCC(=O)N2CCC(c3ccccc3)=N2)CC1. The Morgan fingerprint density at radius 2 is 1.58 bits per heavy atom. The molecule has 0 spiro atoms. The average molecular weight is 447 g/mol. The van der Waals surface area contributed by atoms with E-state index in [1.807, 2.05) is 61.5 Å². The van der Waals surface area contributed by atoms with Gasteiger partial charge in [0, 0.05) is 44.0 Å². The van der Waals surface area contributed by atoms with Crippen LogP contribution in [0.15, 0.2) is 59.7 Å². The van der Waals surface area contributed by atoms with E-state index in [4.69, 9.17) is 0 Å². The summed E-state index contributed by atoms with van der Waals surface area (Å²) >= 11 is 0. The second-order valence-electron chi connectivity index (χ2n) is 8.62. The lowest BCUT2D eigenvalue weighted by atomic mass is 10.0. The predicted octanol–water partition coefficient (Wildman–Crippen LogP) is 3.13. The molecule has 2 aliphatic rings. The van der Waals surface area contributed by atoms with Crippen LogP contribution in [-0.4, -0.2) is 59.0 Å². The minimum atomic E-state index is -0.116. The van der Waals surface area contributed by atoms with Crippen molar-refractivity contribution in [2.45, 2.75) is 45.1 Å². The van der Waals surface area contributed by atoms with E-state index in [0.29, 0.717) is 38.0 Å². The Bertz CT molecular complexity index is 1040. The number of hydrazone groups is 1. The number of nitrogens with one attached hydrogen (secondary N) is 1. The second kappa shape index (κ2) is 10.4. The van der Waals surface area contributed by atoms with Crippen LogP contribution >= 0.6 is 0 Å². The molecule has 3 amide bonds. The molecule has 33 heavy (non-hydrogen) atoms. The van der Waals surface area contributed by atoms with Gasteiger partial charge in [-0.2, -0.15) is 5.10 Å². The van der Waals surface area contributed by atoms with Crippen LogP contribution in [0.3, 0.4) is 0 Å². The molecule has 0 aromatic heterocycles. The number of hydrogen-bond acceptors (Lipinski definition) is 4. The maximum absolute atomic E-state index is 12.6. The molecular formula is C26H30N4O3. The minimum absolute atomic E-state index is 0.0153. The van der Waals surface area contributed by atoms with Crippen LogP contribution in [0.2, 0.25) is 0 Å². The lowest BCUT2D eigenvalue weighted by molar-refractivity contribution is -0.137. The van der Waals surface area contributed by atoms with Gasteiger partial charge in [0.15, 0.2) is 0 Å². The van der Waals surface area contributed by atoms with Crippen molar-refractivity contribution in [2.75, 3.05) is 19.6 Å². The number of carbonyl (C=O) groups excluding carboxylic acids is 3. The molecule has 2 aliphatic heterocycles. The Balaban J connectivity index is 1.20. The average Bonchev–Trinajstić information content (AvgIpc) is 3.34. The quantitative estimate of drug-likeness (QED) is 0.740. The minimum Gasteiger partial charge on any atom is -0.349 e. The highest BCUT2D eigenvalue weighted by atomic mass is 16.2. The highest BCUT2D eigenvalue weighted by Crippen LogP contribution is 2.17. The van der Waals surface area contributed by atoms with Crippen LogP contribution in [-0.2, 0) is 9.59 Å². The van der Waals surface area contributed by atoms with Gasteiger partial charge >= 0.3 is 0 Å². The van der Waals surface area contributed by atoms with Crippen molar-refractivity contribution in [3.8, 4) is 0 Å². The van der Waals surface area contributed by atoms with E-state index in [-0.39, 0.29) is 36.6 Å². The molecule has 1 saturated heterocycles. The lowest BCUT2D eigenvalue weighted by Crippen LogP contribution is -2.46. The predicted molar refractivity (Wildman–Crippen MR) is 127 cm³/mol. The molecule has 7 nitrogen and oxygen atoms in total. The van der Waals surface area contributed by atoms with E-state index in [2.05, 4.69) is 10.4 Å². The number of amides is 3. The summed E-state index contributed by atoms with van der Waals surface area (Å²) in [5, 5.41) is 9.03. The van der Waals surface area contributed by atoms with Crippen molar-refractivity contribution in [1.82, 2.24) is 15.2 Å². The summed E-state index contributed by atoms with van der Waals surface area (Å²) in [7, 11) is 0. The molecule has 1 fully saturated rings. The Hall–Kier alpha value is -3.48. The first-order valence-electron chi connectivity index (χ1n) is 11.6. The Morgan fingerprint density at radius 3 is 2.30 bits per heavy atom. The fourth-order valence-electron chi connectivity index (χ4n) is 4.34. The maximum atomic E-state index is 12.6. The zero-order valence-corrected chi connectivity index (χ0v) is 19.0. The first-order chi connectivity index (χ1) is 16.0. The van der Waals surface area contributed by atoms with Crippen molar-refractivity contribution in [3.63, 3.8) is 0 Å². The molecule has 0 aliphatic carbocycles. The van der Waals surface area contributed by atoms with Crippen LogP contribution in [0.1, 0.15) is 53.6 Å². The summed E-state index contributed by atoms with van der Waals surface area (Å²) in [6.45, 7) is 3.66. The first kappa shape index (κ1) is 22.7. The number of rotatable bonds is 6. The van der Waals surface area contributed by atoms with Gasteiger partial charge in [0.1, 0.15) is 0 Å². The molecule has 2 heterocycles. The van der Waals surface area contributed by atoms with E-state index in [1.54, 1.807) is 4.90 Å². The molecule has 7 heteroatoms. The third kappa shape index (κ3) is 5.66. The summed E-state index contributed by atoms with van der Waals surface area (Å²) in [6.07, 6.45) is 2.51. The molecule has 0 bridgehead atoms. The molecule has 0 radical (unpaired) electrons. The van der Waals surface area contributed by atoms with Crippen molar-refractivity contribution in [2.24, 2.45) is 5.10 Å². The fraction of sp³-hybridized carbons (Fsp3) is 0.385. The van der Waals surface area contributed by atoms with Gasteiger partial charge in [0.25, 0.3) is 5.91 Å².